The number of aryl methyl sites for hydroxylation is 1. The topological polar surface area (TPSA) is 60.9 Å². The van der Waals surface area contributed by atoms with Gasteiger partial charge in [-0.1, -0.05) is 17.7 Å². The normalized spacial score (nSPS) is 20.2. The fourth-order valence-electron chi connectivity index (χ4n) is 4.09. The number of nitrogens with zero attached hydrogens (tertiary/aromatic N) is 3. The number of halogens is 1. The maximum absolute atomic E-state index is 13.0. The predicted octanol–water partition coefficient (Wildman–Crippen LogP) is 3.31. The molecule has 0 unspecified atom stereocenters. The van der Waals surface area contributed by atoms with Gasteiger partial charge in [0.2, 0.25) is 5.91 Å². The number of Topliss-reactive ketones (excluding diaryl/α,β-unsaturated/α-hetero) is 1. The van der Waals surface area contributed by atoms with Crippen LogP contribution in [0.3, 0.4) is 0 Å². The van der Waals surface area contributed by atoms with Gasteiger partial charge in [0.1, 0.15) is 0 Å². The van der Waals surface area contributed by atoms with Crippen LogP contribution in [0, 0.1) is 6.92 Å². The molecule has 6 nitrogen and oxygen atoms in total. The van der Waals surface area contributed by atoms with Crippen LogP contribution in [0.1, 0.15) is 29.3 Å². The highest BCUT2D eigenvalue weighted by atomic mass is 35.5. The highest BCUT2D eigenvalue weighted by molar-refractivity contribution is 6.32. The number of carbonyl (C=O) groups is 3. The van der Waals surface area contributed by atoms with Crippen LogP contribution >= 0.6 is 11.6 Å². The fraction of sp³-hybridized carbons (Fsp3) is 0.348. The molecule has 2 fully saturated rings. The molecule has 0 spiro atoms. The first-order chi connectivity index (χ1) is 14.3. The minimum Gasteiger partial charge on any atom is -0.369 e. The summed E-state index contributed by atoms with van der Waals surface area (Å²) in [7, 11) is 0. The van der Waals surface area contributed by atoms with E-state index in [0.717, 1.165) is 24.3 Å². The molecule has 2 aliphatic heterocycles. The van der Waals surface area contributed by atoms with Gasteiger partial charge in [0, 0.05) is 42.5 Å². The molecule has 2 amide bonds. The molecule has 0 saturated carbocycles. The van der Waals surface area contributed by atoms with E-state index in [1.165, 1.54) is 4.90 Å². The summed E-state index contributed by atoms with van der Waals surface area (Å²) in [6.07, 6.45) is 0.192. The average molecular weight is 426 g/mol. The van der Waals surface area contributed by atoms with Gasteiger partial charge in [-0.3, -0.25) is 19.3 Å². The SMILES string of the molecule is CC(=O)c1ccc(N2CCN([C@H]3CC(=O)N(c4ccc(C)c(Cl)c4)C3=O)CC2)cc1. The van der Waals surface area contributed by atoms with Crippen molar-refractivity contribution in [2.75, 3.05) is 36.0 Å². The summed E-state index contributed by atoms with van der Waals surface area (Å²) < 4.78 is 0. The van der Waals surface area contributed by atoms with Crippen LogP contribution in [0.5, 0.6) is 0 Å². The predicted molar refractivity (Wildman–Crippen MR) is 117 cm³/mol. The number of amides is 2. The van der Waals surface area contributed by atoms with Crippen molar-refractivity contribution in [3.63, 3.8) is 0 Å². The number of imide groups is 1. The zero-order chi connectivity index (χ0) is 21.4. The van der Waals surface area contributed by atoms with Crippen molar-refractivity contribution >= 4 is 40.6 Å². The molecule has 0 aliphatic carbocycles. The van der Waals surface area contributed by atoms with E-state index in [9.17, 15) is 14.4 Å². The average Bonchev–Trinajstić information content (AvgIpc) is 3.04. The number of hydrogen-bond donors (Lipinski definition) is 0. The Morgan fingerprint density at radius 3 is 2.20 bits per heavy atom. The van der Waals surface area contributed by atoms with Gasteiger partial charge in [-0.05, 0) is 55.8 Å². The first-order valence-electron chi connectivity index (χ1n) is 10.1. The molecule has 2 aliphatic rings. The first kappa shape index (κ1) is 20.6. The molecule has 2 aromatic rings. The Hall–Kier alpha value is -2.70. The monoisotopic (exact) mass is 425 g/mol. The van der Waals surface area contributed by atoms with Gasteiger partial charge in [0.25, 0.3) is 5.91 Å². The Morgan fingerprint density at radius 2 is 1.60 bits per heavy atom. The number of benzene rings is 2. The Balaban J connectivity index is 1.42. The second kappa shape index (κ2) is 8.20. The van der Waals surface area contributed by atoms with Gasteiger partial charge in [0.15, 0.2) is 5.78 Å². The molecule has 0 N–H and O–H groups in total. The standard InChI is InChI=1S/C23H24ClN3O3/c1-15-3-6-19(13-20(15)24)27-22(29)14-21(23(27)30)26-11-9-25(10-12-26)18-7-4-17(5-8-18)16(2)28/h3-8,13,21H,9-12,14H2,1-2H3/t21-/m0/s1. The van der Waals surface area contributed by atoms with E-state index in [0.29, 0.717) is 29.4 Å². The zero-order valence-corrected chi connectivity index (χ0v) is 17.9. The van der Waals surface area contributed by atoms with Crippen LogP contribution in [0.25, 0.3) is 0 Å². The summed E-state index contributed by atoms with van der Waals surface area (Å²) in [5.41, 5.74) is 3.20. The molecule has 1 atom stereocenters. The van der Waals surface area contributed by atoms with Crippen LogP contribution in [0.2, 0.25) is 5.02 Å². The van der Waals surface area contributed by atoms with Crippen molar-refractivity contribution in [2.24, 2.45) is 0 Å². The lowest BCUT2D eigenvalue weighted by atomic mass is 10.1. The summed E-state index contributed by atoms with van der Waals surface area (Å²) in [5.74, 6) is -0.318. The number of hydrogen-bond acceptors (Lipinski definition) is 5. The number of anilines is 2. The minimum atomic E-state index is -0.431. The third-order valence-corrected chi connectivity index (χ3v) is 6.34. The molecule has 0 aromatic heterocycles. The van der Waals surface area contributed by atoms with Crippen molar-refractivity contribution in [2.45, 2.75) is 26.3 Å². The molecular weight excluding hydrogens is 402 g/mol. The summed E-state index contributed by atoms with van der Waals surface area (Å²) in [5, 5.41) is 0.543. The Labute approximate surface area is 181 Å². The highest BCUT2D eigenvalue weighted by Crippen LogP contribution is 2.30. The lowest BCUT2D eigenvalue weighted by molar-refractivity contribution is -0.123. The Bertz CT molecular complexity index is 997. The minimum absolute atomic E-state index is 0.0511. The smallest absolute Gasteiger partial charge is 0.251 e. The Kier molecular flexibility index (Phi) is 5.62. The van der Waals surface area contributed by atoms with E-state index < -0.39 is 6.04 Å². The molecule has 156 valence electrons. The third-order valence-electron chi connectivity index (χ3n) is 5.93. The molecule has 2 saturated heterocycles. The number of carbonyl (C=O) groups excluding carboxylic acids is 3. The van der Waals surface area contributed by atoms with Crippen molar-refractivity contribution in [1.82, 2.24) is 4.90 Å². The van der Waals surface area contributed by atoms with Gasteiger partial charge < -0.3 is 4.90 Å². The second-order valence-electron chi connectivity index (χ2n) is 7.85. The lowest BCUT2D eigenvalue weighted by Crippen LogP contribution is -2.52. The molecular formula is C23H24ClN3O3. The second-order valence-corrected chi connectivity index (χ2v) is 8.25. The molecule has 30 heavy (non-hydrogen) atoms. The van der Waals surface area contributed by atoms with Crippen molar-refractivity contribution in [3.05, 3.63) is 58.6 Å². The molecule has 7 heteroatoms. The zero-order valence-electron chi connectivity index (χ0n) is 17.1. The summed E-state index contributed by atoms with van der Waals surface area (Å²) in [4.78, 5) is 42.7. The van der Waals surface area contributed by atoms with E-state index in [2.05, 4.69) is 9.80 Å². The van der Waals surface area contributed by atoms with Gasteiger partial charge in [-0.2, -0.15) is 0 Å². The van der Waals surface area contributed by atoms with Crippen LogP contribution in [0.4, 0.5) is 11.4 Å². The number of ketones is 1. The third kappa shape index (κ3) is 3.85. The van der Waals surface area contributed by atoms with Gasteiger partial charge in [0.05, 0.1) is 18.2 Å². The Morgan fingerprint density at radius 1 is 0.967 bits per heavy atom. The molecule has 0 radical (unpaired) electrons. The van der Waals surface area contributed by atoms with Crippen LogP contribution < -0.4 is 9.80 Å². The summed E-state index contributed by atoms with van der Waals surface area (Å²) in [6.45, 7) is 6.35. The van der Waals surface area contributed by atoms with E-state index in [1.54, 1.807) is 19.1 Å². The van der Waals surface area contributed by atoms with Crippen molar-refractivity contribution in [1.29, 1.82) is 0 Å². The maximum atomic E-state index is 13.0. The van der Waals surface area contributed by atoms with E-state index in [1.807, 2.05) is 37.3 Å². The molecule has 4 rings (SSSR count). The van der Waals surface area contributed by atoms with E-state index in [4.69, 9.17) is 11.6 Å². The largest absolute Gasteiger partial charge is 0.369 e. The first-order valence-corrected chi connectivity index (χ1v) is 10.5. The summed E-state index contributed by atoms with van der Waals surface area (Å²) >= 11 is 6.19. The molecule has 2 aromatic carbocycles. The quantitative estimate of drug-likeness (QED) is 0.555. The van der Waals surface area contributed by atoms with Crippen molar-refractivity contribution in [3.8, 4) is 0 Å². The van der Waals surface area contributed by atoms with E-state index >= 15 is 0 Å². The highest BCUT2D eigenvalue weighted by Gasteiger charge is 2.43. The van der Waals surface area contributed by atoms with Crippen LogP contribution in [0.15, 0.2) is 42.5 Å². The lowest BCUT2D eigenvalue weighted by Gasteiger charge is -2.38. The van der Waals surface area contributed by atoms with Gasteiger partial charge in [-0.15, -0.1) is 0 Å². The molecule has 2 heterocycles. The van der Waals surface area contributed by atoms with Crippen molar-refractivity contribution < 1.29 is 14.4 Å². The van der Waals surface area contributed by atoms with Gasteiger partial charge in [-0.25, -0.2) is 4.90 Å². The molecule has 0 bridgehead atoms. The number of piperazine rings is 1. The van der Waals surface area contributed by atoms with E-state index in [-0.39, 0.29) is 24.0 Å². The summed E-state index contributed by atoms with van der Waals surface area (Å²) in [6, 6.07) is 12.4. The van der Waals surface area contributed by atoms with Crippen LogP contribution in [-0.2, 0) is 9.59 Å². The fourth-order valence-corrected chi connectivity index (χ4v) is 4.27. The van der Waals surface area contributed by atoms with Gasteiger partial charge >= 0.3 is 0 Å². The van der Waals surface area contributed by atoms with Crippen LogP contribution in [-0.4, -0.2) is 54.7 Å². The maximum Gasteiger partial charge on any atom is 0.251 e. The number of rotatable bonds is 4.